The molecular weight excluding hydrogens is 266 g/mol. The summed E-state index contributed by atoms with van der Waals surface area (Å²) >= 11 is 0. The Balaban J connectivity index is 2.16. The number of piperidine rings is 1. The summed E-state index contributed by atoms with van der Waals surface area (Å²) < 4.78 is 0. The van der Waals surface area contributed by atoms with E-state index >= 15 is 0 Å². The van der Waals surface area contributed by atoms with Gasteiger partial charge in [0.15, 0.2) is 0 Å². The van der Waals surface area contributed by atoms with Crippen LogP contribution in [0.5, 0.6) is 0 Å². The van der Waals surface area contributed by atoms with E-state index in [-0.39, 0.29) is 11.8 Å². The molecule has 1 aromatic rings. The molecule has 5 nitrogen and oxygen atoms in total. The predicted molar refractivity (Wildman–Crippen MR) is 81.2 cm³/mol. The fraction of sp³-hybridized carbons (Fsp3) is 0.562. The second kappa shape index (κ2) is 7.20. The third-order valence-electron chi connectivity index (χ3n) is 3.93. The summed E-state index contributed by atoms with van der Waals surface area (Å²) in [6.07, 6.45) is 6.38. The first-order chi connectivity index (χ1) is 10.2. The van der Waals surface area contributed by atoms with E-state index in [4.69, 9.17) is 0 Å². The number of amides is 2. The maximum absolute atomic E-state index is 12.4. The molecule has 1 aromatic heterocycles. The van der Waals surface area contributed by atoms with Crippen molar-refractivity contribution in [3.05, 3.63) is 29.6 Å². The maximum Gasteiger partial charge on any atom is 0.255 e. The van der Waals surface area contributed by atoms with E-state index in [2.05, 4.69) is 4.98 Å². The van der Waals surface area contributed by atoms with Crippen molar-refractivity contribution >= 4 is 11.8 Å². The molecule has 2 rings (SSSR count). The summed E-state index contributed by atoms with van der Waals surface area (Å²) in [5, 5.41) is 0. The molecule has 2 heterocycles. The van der Waals surface area contributed by atoms with Gasteiger partial charge in [-0.3, -0.25) is 14.6 Å². The van der Waals surface area contributed by atoms with Gasteiger partial charge in [-0.05, 0) is 39.2 Å². The number of carbonyl (C=O) groups excluding carboxylic acids is 2. The van der Waals surface area contributed by atoms with Gasteiger partial charge >= 0.3 is 0 Å². The summed E-state index contributed by atoms with van der Waals surface area (Å²) in [6, 6.07) is 1.67. The smallest absolute Gasteiger partial charge is 0.255 e. The highest BCUT2D eigenvalue weighted by atomic mass is 16.2. The number of pyridine rings is 1. The highest BCUT2D eigenvalue weighted by molar-refractivity contribution is 5.99. The number of aromatic nitrogens is 1. The topological polar surface area (TPSA) is 53.5 Å². The monoisotopic (exact) mass is 289 g/mol. The van der Waals surface area contributed by atoms with Crippen molar-refractivity contribution in [1.29, 1.82) is 0 Å². The van der Waals surface area contributed by atoms with Crippen LogP contribution in [0.15, 0.2) is 18.5 Å². The molecule has 1 saturated heterocycles. The molecular formula is C16H23N3O2. The van der Waals surface area contributed by atoms with Crippen LogP contribution in [-0.2, 0) is 0 Å². The molecule has 0 radical (unpaired) electrons. The molecule has 1 aliphatic rings. The summed E-state index contributed by atoms with van der Waals surface area (Å²) in [5.41, 5.74) is 0.997. The summed E-state index contributed by atoms with van der Waals surface area (Å²) in [4.78, 5) is 32.4. The standard InChI is InChI=1S/C16H23N3O2/c1-3-18(4-2)15(20)13-10-14(12-17-11-13)16(21)19-8-6-5-7-9-19/h10-12H,3-9H2,1-2H3. The molecule has 2 amide bonds. The van der Waals surface area contributed by atoms with Crippen LogP contribution >= 0.6 is 0 Å². The first-order valence-electron chi connectivity index (χ1n) is 7.71. The van der Waals surface area contributed by atoms with Crippen molar-refractivity contribution in [1.82, 2.24) is 14.8 Å². The van der Waals surface area contributed by atoms with Gasteiger partial charge in [-0.1, -0.05) is 0 Å². The Morgan fingerprint density at radius 3 is 2.33 bits per heavy atom. The zero-order chi connectivity index (χ0) is 15.2. The third kappa shape index (κ3) is 3.60. The Kier molecular flexibility index (Phi) is 5.31. The van der Waals surface area contributed by atoms with Gasteiger partial charge in [0.2, 0.25) is 0 Å². The van der Waals surface area contributed by atoms with E-state index in [1.54, 1.807) is 17.2 Å². The molecule has 0 aliphatic carbocycles. The van der Waals surface area contributed by atoms with Crippen LogP contribution < -0.4 is 0 Å². The zero-order valence-electron chi connectivity index (χ0n) is 12.8. The fourth-order valence-electron chi connectivity index (χ4n) is 2.65. The van der Waals surface area contributed by atoms with Crippen LogP contribution in [0, 0.1) is 0 Å². The van der Waals surface area contributed by atoms with E-state index in [1.165, 1.54) is 12.6 Å². The molecule has 5 heteroatoms. The number of hydrogen-bond acceptors (Lipinski definition) is 3. The maximum atomic E-state index is 12.4. The van der Waals surface area contributed by atoms with Gasteiger partial charge in [-0.25, -0.2) is 0 Å². The summed E-state index contributed by atoms with van der Waals surface area (Å²) in [5.74, 6) is -0.0859. The van der Waals surface area contributed by atoms with Gasteiger partial charge in [-0.15, -0.1) is 0 Å². The molecule has 0 aromatic carbocycles. The van der Waals surface area contributed by atoms with Crippen molar-refractivity contribution < 1.29 is 9.59 Å². The van der Waals surface area contributed by atoms with Gasteiger partial charge in [0.25, 0.3) is 11.8 Å². The van der Waals surface area contributed by atoms with E-state index in [0.717, 1.165) is 25.9 Å². The number of hydrogen-bond donors (Lipinski definition) is 0. The Morgan fingerprint density at radius 1 is 1.10 bits per heavy atom. The minimum absolute atomic E-state index is 0.0172. The number of likely N-dealkylation sites (tertiary alicyclic amines) is 1. The Labute approximate surface area is 126 Å². The molecule has 21 heavy (non-hydrogen) atoms. The van der Waals surface area contributed by atoms with Crippen LogP contribution in [0.1, 0.15) is 53.8 Å². The first kappa shape index (κ1) is 15.5. The lowest BCUT2D eigenvalue weighted by atomic mass is 10.1. The van der Waals surface area contributed by atoms with Crippen molar-refractivity contribution in [3.8, 4) is 0 Å². The van der Waals surface area contributed by atoms with Crippen molar-refractivity contribution in [3.63, 3.8) is 0 Å². The molecule has 0 N–H and O–H groups in total. The van der Waals surface area contributed by atoms with Gasteiger partial charge in [0.1, 0.15) is 0 Å². The Hall–Kier alpha value is -1.91. The normalized spacial score (nSPS) is 14.9. The predicted octanol–water partition coefficient (Wildman–Crippen LogP) is 2.19. The molecule has 114 valence electrons. The van der Waals surface area contributed by atoms with E-state index in [1.807, 2.05) is 18.7 Å². The van der Waals surface area contributed by atoms with Crippen LogP contribution in [0.4, 0.5) is 0 Å². The van der Waals surface area contributed by atoms with Gasteiger partial charge in [0.05, 0.1) is 11.1 Å². The van der Waals surface area contributed by atoms with E-state index in [9.17, 15) is 9.59 Å². The molecule has 0 spiro atoms. The van der Waals surface area contributed by atoms with E-state index < -0.39 is 0 Å². The van der Waals surface area contributed by atoms with Crippen molar-refractivity contribution in [2.24, 2.45) is 0 Å². The molecule has 0 saturated carbocycles. The van der Waals surface area contributed by atoms with Gasteiger partial charge in [0, 0.05) is 38.6 Å². The lowest BCUT2D eigenvalue weighted by Crippen LogP contribution is -2.36. The lowest BCUT2D eigenvalue weighted by molar-refractivity contribution is 0.0724. The Bertz CT molecular complexity index is 506. The fourth-order valence-corrected chi connectivity index (χ4v) is 2.65. The second-order valence-corrected chi connectivity index (χ2v) is 5.29. The average molecular weight is 289 g/mol. The number of carbonyl (C=O) groups is 2. The van der Waals surface area contributed by atoms with E-state index in [0.29, 0.717) is 24.2 Å². The zero-order valence-corrected chi connectivity index (χ0v) is 12.8. The highest BCUT2D eigenvalue weighted by Crippen LogP contribution is 2.14. The quantitative estimate of drug-likeness (QED) is 0.853. The van der Waals surface area contributed by atoms with Crippen LogP contribution in [-0.4, -0.2) is 52.8 Å². The first-order valence-corrected chi connectivity index (χ1v) is 7.71. The van der Waals surface area contributed by atoms with Crippen molar-refractivity contribution in [2.75, 3.05) is 26.2 Å². The molecule has 0 bridgehead atoms. The minimum Gasteiger partial charge on any atom is -0.339 e. The minimum atomic E-state index is -0.0687. The second-order valence-electron chi connectivity index (χ2n) is 5.29. The highest BCUT2D eigenvalue weighted by Gasteiger charge is 2.20. The molecule has 0 unspecified atom stereocenters. The SMILES string of the molecule is CCN(CC)C(=O)c1cncc(C(=O)N2CCCCC2)c1. The third-order valence-corrected chi connectivity index (χ3v) is 3.93. The average Bonchev–Trinajstić information content (AvgIpc) is 2.56. The number of rotatable bonds is 4. The Morgan fingerprint density at radius 2 is 1.71 bits per heavy atom. The summed E-state index contributed by atoms with van der Waals surface area (Å²) in [7, 11) is 0. The van der Waals surface area contributed by atoms with Crippen LogP contribution in [0.25, 0.3) is 0 Å². The van der Waals surface area contributed by atoms with Crippen molar-refractivity contribution in [2.45, 2.75) is 33.1 Å². The summed E-state index contributed by atoms with van der Waals surface area (Å²) in [6.45, 7) is 6.79. The molecule has 1 fully saturated rings. The van der Waals surface area contributed by atoms with Crippen LogP contribution in [0.3, 0.4) is 0 Å². The largest absolute Gasteiger partial charge is 0.339 e. The van der Waals surface area contributed by atoms with Gasteiger partial charge < -0.3 is 9.80 Å². The number of nitrogens with zero attached hydrogens (tertiary/aromatic N) is 3. The lowest BCUT2D eigenvalue weighted by Gasteiger charge is -2.26. The molecule has 0 atom stereocenters. The van der Waals surface area contributed by atoms with Gasteiger partial charge in [-0.2, -0.15) is 0 Å². The van der Waals surface area contributed by atoms with Crippen LogP contribution in [0.2, 0.25) is 0 Å². The molecule has 1 aliphatic heterocycles.